The highest BCUT2D eigenvalue weighted by Gasteiger charge is 2.35. The second kappa shape index (κ2) is 10.3. The lowest BCUT2D eigenvalue weighted by atomic mass is 9.73. The maximum Gasteiger partial charge on any atom is 0.191 e. The van der Waals surface area contributed by atoms with Gasteiger partial charge in [-0.25, -0.2) is 0 Å². The zero-order chi connectivity index (χ0) is 16.0. The van der Waals surface area contributed by atoms with E-state index in [1.165, 1.54) is 25.7 Å². The van der Waals surface area contributed by atoms with Crippen molar-refractivity contribution in [3.05, 3.63) is 0 Å². The van der Waals surface area contributed by atoms with E-state index in [2.05, 4.69) is 30.7 Å². The molecule has 3 N–H and O–H groups in total. The first-order valence-corrected chi connectivity index (χ1v) is 10.1. The Balaban J connectivity index is 0.00000264. The summed E-state index contributed by atoms with van der Waals surface area (Å²) in [5.74, 6) is 0.924. The van der Waals surface area contributed by atoms with Gasteiger partial charge in [-0.15, -0.1) is 24.0 Å². The topological polar surface area (TPSA) is 56.7 Å². The minimum atomic E-state index is -0.208. The molecule has 4 nitrogen and oxygen atoms in total. The first-order chi connectivity index (χ1) is 10.6. The number of aliphatic hydroxyl groups is 1. The van der Waals surface area contributed by atoms with Gasteiger partial charge in [-0.3, -0.25) is 4.99 Å². The highest BCUT2D eigenvalue weighted by Crippen LogP contribution is 2.36. The molecule has 4 unspecified atom stereocenters. The molecule has 0 amide bonds. The minimum Gasteiger partial charge on any atom is -0.392 e. The average Bonchev–Trinajstić information content (AvgIpc) is 2.96. The van der Waals surface area contributed by atoms with Gasteiger partial charge in [0, 0.05) is 23.3 Å². The summed E-state index contributed by atoms with van der Waals surface area (Å²) < 4.78 is 0. The van der Waals surface area contributed by atoms with Gasteiger partial charge in [-0.1, -0.05) is 19.8 Å². The van der Waals surface area contributed by atoms with Gasteiger partial charge in [0.25, 0.3) is 0 Å². The maximum absolute atomic E-state index is 10.3. The maximum atomic E-state index is 10.3. The molecule has 0 spiro atoms. The molecule has 136 valence electrons. The van der Waals surface area contributed by atoms with Crippen molar-refractivity contribution in [2.75, 3.05) is 19.3 Å². The van der Waals surface area contributed by atoms with E-state index in [-0.39, 0.29) is 35.5 Å². The van der Waals surface area contributed by atoms with Gasteiger partial charge in [0.1, 0.15) is 0 Å². The van der Waals surface area contributed by atoms with E-state index in [9.17, 15) is 5.11 Å². The van der Waals surface area contributed by atoms with E-state index in [0.717, 1.165) is 37.0 Å². The highest BCUT2D eigenvalue weighted by molar-refractivity contribution is 14.0. The number of thioether (sulfide) groups is 1. The number of hydrogen-bond donors (Lipinski definition) is 3. The van der Waals surface area contributed by atoms with E-state index >= 15 is 0 Å². The van der Waals surface area contributed by atoms with Crippen molar-refractivity contribution in [2.24, 2.45) is 10.4 Å². The Labute approximate surface area is 163 Å². The second-order valence-corrected chi connectivity index (χ2v) is 8.26. The summed E-state index contributed by atoms with van der Waals surface area (Å²) >= 11 is 1.98. The lowest BCUT2D eigenvalue weighted by Crippen LogP contribution is -2.44. The van der Waals surface area contributed by atoms with Crippen molar-refractivity contribution < 1.29 is 5.11 Å². The van der Waals surface area contributed by atoms with Crippen LogP contribution in [0.5, 0.6) is 0 Å². The molecule has 23 heavy (non-hydrogen) atoms. The number of nitrogens with zero attached hydrogens (tertiary/aromatic N) is 1. The fraction of sp³-hybridized carbons (Fsp3) is 0.941. The monoisotopic (exact) mass is 455 g/mol. The molecule has 2 aliphatic rings. The molecule has 2 aliphatic carbocycles. The quantitative estimate of drug-likeness (QED) is 0.338. The molecule has 0 heterocycles. The van der Waals surface area contributed by atoms with E-state index in [0.29, 0.717) is 12.6 Å². The number of rotatable bonds is 5. The van der Waals surface area contributed by atoms with Crippen molar-refractivity contribution in [2.45, 2.75) is 76.2 Å². The van der Waals surface area contributed by atoms with Gasteiger partial charge in [0.2, 0.25) is 0 Å². The van der Waals surface area contributed by atoms with Crippen molar-refractivity contribution in [1.82, 2.24) is 10.6 Å². The molecule has 0 saturated heterocycles. The molecular formula is C17H34IN3OS. The normalized spacial score (nSPS) is 34.8. The van der Waals surface area contributed by atoms with Crippen molar-refractivity contribution in [3.8, 4) is 0 Å². The van der Waals surface area contributed by atoms with E-state index in [1.807, 2.05) is 11.8 Å². The fourth-order valence-electron chi connectivity index (χ4n) is 3.62. The van der Waals surface area contributed by atoms with Crippen LogP contribution in [0.2, 0.25) is 0 Å². The molecular weight excluding hydrogens is 421 g/mol. The lowest BCUT2D eigenvalue weighted by molar-refractivity contribution is 0.00715. The molecule has 2 fully saturated rings. The summed E-state index contributed by atoms with van der Waals surface area (Å²) in [4.78, 5) is 4.80. The number of aliphatic hydroxyl groups excluding tert-OH is 1. The van der Waals surface area contributed by atoms with E-state index in [4.69, 9.17) is 4.99 Å². The molecule has 0 bridgehead atoms. The number of guanidine groups is 1. The Bertz CT molecular complexity index is 383. The van der Waals surface area contributed by atoms with Crippen molar-refractivity contribution in [1.29, 1.82) is 0 Å². The zero-order valence-electron chi connectivity index (χ0n) is 14.8. The van der Waals surface area contributed by atoms with Gasteiger partial charge < -0.3 is 15.7 Å². The largest absolute Gasteiger partial charge is 0.392 e. The summed E-state index contributed by atoms with van der Waals surface area (Å²) in [5, 5.41) is 18.1. The van der Waals surface area contributed by atoms with Crippen LogP contribution in [0.4, 0.5) is 0 Å². The molecule has 4 atom stereocenters. The minimum absolute atomic E-state index is 0. The number of halogens is 1. The summed E-state index contributed by atoms with van der Waals surface area (Å²) in [7, 11) is 0. The average molecular weight is 455 g/mol. The molecule has 0 radical (unpaired) electrons. The molecule has 0 aromatic heterocycles. The van der Waals surface area contributed by atoms with Crippen LogP contribution in [0, 0.1) is 5.41 Å². The van der Waals surface area contributed by atoms with Gasteiger partial charge in [0.05, 0.1) is 12.6 Å². The van der Waals surface area contributed by atoms with E-state index < -0.39 is 0 Å². The Hall–Kier alpha value is 0.310. The third-order valence-corrected chi connectivity index (χ3v) is 6.38. The van der Waals surface area contributed by atoms with Crippen LogP contribution in [0.1, 0.15) is 58.8 Å². The molecule has 2 rings (SSSR count). The Kier molecular flexibility index (Phi) is 9.59. The van der Waals surface area contributed by atoms with Crippen molar-refractivity contribution >= 4 is 41.7 Å². The van der Waals surface area contributed by atoms with Crippen LogP contribution in [-0.4, -0.2) is 47.8 Å². The SMILES string of the molecule is CCNC(=NCC1(C)CCCCC1O)NC1CCC(SC)C1.I. The molecule has 6 heteroatoms. The van der Waals surface area contributed by atoms with Crippen LogP contribution in [0.15, 0.2) is 4.99 Å². The summed E-state index contributed by atoms with van der Waals surface area (Å²) in [6.07, 6.45) is 10.1. The Morgan fingerprint density at radius 2 is 2.09 bits per heavy atom. The molecule has 2 saturated carbocycles. The summed E-state index contributed by atoms with van der Waals surface area (Å²) in [6, 6.07) is 0.541. The predicted octanol–water partition coefficient (Wildman–Crippen LogP) is 3.38. The Morgan fingerprint density at radius 3 is 2.70 bits per heavy atom. The first-order valence-electron chi connectivity index (χ1n) is 8.83. The van der Waals surface area contributed by atoms with Gasteiger partial charge >= 0.3 is 0 Å². The lowest BCUT2D eigenvalue weighted by Gasteiger charge is -2.37. The van der Waals surface area contributed by atoms with Crippen molar-refractivity contribution in [3.63, 3.8) is 0 Å². The molecule has 0 aliphatic heterocycles. The van der Waals surface area contributed by atoms with Gasteiger partial charge in [-0.2, -0.15) is 11.8 Å². The smallest absolute Gasteiger partial charge is 0.191 e. The highest BCUT2D eigenvalue weighted by atomic mass is 127. The third kappa shape index (κ3) is 6.27. The Morgan fingerprint density at radius 1 is 1.30 bits per heavy atom. The number of nitrogens with one attached hydrogen (secondary N) is 2. The molecule has 0 aromatic carbocycles. The van der Waals surface area contributed by atoms with Crippen LogP contribution in [-0.2, 0) is 0 Å². The summed E-state index contributed by atoms with van der Waals surface area (Å²) in [6.45, 7) is 5.88. The fourth-order valence-corrected chi connectivity index (χ4v) is 4.42. The van der Waals surface area contributed by atoms with Gasteiger partial charge in [-0.05, 0) is 45.3 Å². The zero-order valence-corrected chi connectivity index (χ0v) is 18.0. The van der Waals surface area contributed by atoms with Crippen LogP contribution in [0.25, 0.3) is 0 Å². The number of hydrogen-bond acceptors (Lipinski definition) is 3. The van der Waals surface area contributed by atoms with E-state index in [1.54, 1.807) is 0 Å². The van der Waals surface area contributed by atoms with Crippen LogP contribution < -0.4 is 10.6 Å². The first kappa shape index (κ1) is 21.4. The van der Waals surface area contributed by atoms with Gasteiger partial charge in [0.15, 0.2) is 5.96 Å². The van der Waals surface area contributed by atoms with Crippen LogP contribution in [0.3, 0.4) is 0 Å². The number of aliphatic imine (C=N–C) groups is 1. The molecule has 0 aromatic rings. The predicted molar refractivity (Wildman–Crippen MR) is 112 cm³/mol. The third-order valence-electron chi connectivity index (χ3n) is 5.28. The van der Waals surface area contributed by atoms with Crippen LogP contribution >= 0.6 is 35.7 Å². The second-order valence-electron chi connectivity index (χ2n) is 7.12. The standard InChI is InChI=1S/C17H33N3OS.HI/c1-4-18-16(20-13-8-9-14(11-13)22-3)19-12-17(2)10-6-5-7-15(17)21;/h13-15,21H,4-12H2,1-3H3,(H2,18,19,20);1H. The summed E-state index contributed by atoms with van der Waals surface area (Å²) in [5.41, 5.74) is -0.0575.